The molecular weight excluding hydrogens is 246 g/mol. The number of rotatable bonds is 5. The quantitative estimate of drug-likeness (QED) is 0.886. The number of benzene rings is 1. The van der Waals surface area contributed by atoms with Crippen molar-refractivity contribution in [1.29, 1.82) is 0 Å². The lowest BCUT2D eigenvalue weighted by Crippen LogP contribution is -2.41. The van der Waals surface area contributed by atoms with E-state index in [1.165, 1.54) is 18.4 Å². The Morgan fingerprint density at radius 2 is 1.90 bits per heavy atom. The van der Waals surface area contributed by atoms with E-state index in [1.807, 2.05) is 0 Å². The third-order valence-electron chi connectivity index (χ3n) is 4.63. The van der Waals surface area contributed by atoms with E-state index in [-0.39, 0.29) is 6.10 Å². The summed E-state index contributed by atoms with van der Waals surface area (Å²) in [5.74, 6) is 1.19. The van der Waals surface area contributed by atoms with Crippen LogP contribution in [0, 0.1) is 11.8 Å². The maximum Gasteiger partial charge on any atom is 0.0580 e. The number of hydrogen-bond acceptors (Lipinski definition) is 2. The number of nitrogens with zero attached hydrogens (tertiary/aromatic N) is 1. The van der Waals surface area contributed by atoms with Gasteiger partial charge in [0.15, 0.2) is 0 Å². The van der Waals surface area contributed by atoms with Crippen molar-refractivity contribution in [2.45, 2.75) is 58.7 Å². The lowest BCUT2D eigenvalue weighted by Gasteiger charge is -2.37. The van der Waals surface area contributed by atoms with Gasteiger partial charge < -0.3 is 5.11 Å². The van der Waals surface area contributed by atoms with E-state index in [1.54, 1.807) is 0 Å². The molecule has 0 saturated heterocycles. The highest BCUT2D eigenvalue weighted by Crippen LogP contribution is 2.30. The molecule has 1 N–H and O–H groups in total. The van der Waals surface area contributed by atoms with Crippen LogP contribution in [0.15, 0.2) is 30.3 Å². The van der Waals surface area contributed by atoms with Gasteiger partial charge >= 0.3 is 0 Å². The first kappa shape index (κ1) is 15.5. The van der Waals surface area contributed by atoms with Gasteiger partial charge in [-0.05, 0) is 50.5 Å². The molecule has 20 heavy (non-hydrogen) atoms. The molecule has 0 amide bonds. The molecule has 0 aromatic heterocycles. The first-order valence-corrected chi connectivity index (χ1v) is 8.02. The fourth-order valence-corrected chi connectivity index (χ4v) is 3.26. The average molecular weight is 275 g/mol. The van der Waals surface area contributed by atoms with Gasteiger partial charge in [-0.1, -0.05) is 37.3 Å². The van der Waals surface area contributed by atoms with Gasteiger partial charge in [0.25, 0.3) is 0 Å². The van der Waals surface area contributed by atoms with Crippen molar-refractivity contribution in [3.05, 3.63) is 35.9 Å². The molecule has 1 aromatic rings. The largest absolute Gasteiger partial charge is 0.393 e. The second-order valence-corrected chi connectivity index (χ2v) is 6.75. The summed E-state index contributed by atoms with van der Waals surface area (Å²) in [6.07, 6.45) is 3.21. The summed E-state index contributed by atoms with van der Waals surface area (Å²) in [6, 6.07) is 11.2. The maximum atomic E-state index is 10.3. The van der Waals surface area contributed by atoms with Crippen molar-refractivity contribution < 1.29 is 5.11 Å². The van der Waals surface area contributed by atoms with Gasteiger partial charge in [-0.25, -0.2) is 0 Å². The Labute approximate surface area is 123 Å². The summed E-state index contributed by atoms with van der Waals surface area (Å²) >= 11 is 0. The zero-order chi connectivity index (χ0) is 14.5. The molecule has 1 fully saturated rings. The van der Waals surface area contributed by atoms with Crippen LogP contribution in [0.25, 0.3) is 0 Å². The monoisotopic (exact) mass is 275 g/mol. The fourth-order valence-electron chi connectivity index (χ4n) is 3.26. The van der Waals surface area contributed by atoms with Crippen molar-refractivity contribution in [2.75, 3.05) is 6.54 Å². The lowest BCUT2D eigenvalue weighted by molar-refractivity contribution is 0.0226. The van der Waals surface area contributed by atoms with Gasteiger partial charge in [-0.3, -0.25) is 4.90 Å². The van der Waals surface area contributed by atoms with Crippen molar-refractivity contribution in [2.24, 2.45) is 11.8 Å². The highest BCUT2D eigenvalue weighted by Gasteiger charge is 2.29. The molecule has 0 radical (unpaired) electrons. The topological polar surface area (TPSA) is 23.5 Å². The van der Waals surface area contributed by atoms with Crippen LogP contribution in [0.3, 0.4) is 0 Å². The second-order valence-electron chi connectivity index (χ2n) is 6.75. The zero-order valence-corrected chi connectivity index (χ0v) is 13.1. The molecule has 0 bridgehead atoms. The molecular formula is C18H29NO. The highest BCUT2D eigenvalue weighted by molar-refractivity contribution is 5.14. The molecule has 2 heteroatoms. The maximum absolute atomic E-state index is 10.3. The molecule has 0 aliphatic heterocycles. The highest BCUT2D eigenvalue weighted by atomic mass is 16.3. The minimum atomic E-state index is -0.108. The van der Waals surface area contributed by atoms with Crippen molar-refractivity contribution in [3.8, 4) is 0 Å². The average Bonchev–Trinajstić information content (AvgIpc) is 2.43. The summed E-state index contributed by atoms with van der Waals surface area (Å²) in [6.45, 7) is 8.81. The van der Waals surface area contributed by atoms with Gasteiger partial charge in [0, 0.05) is 19.1 Å². The normalized spacial score (nSPS) is 27.2. The van der Waals surface area contributed by atoms with Crippen LogP contribution in [-0.4, -0.2) is 28.7 Å². The van der Waals surface area contributed by atoms with Gasteiger partial charge in [0.1, 0.15) is 0 Å². The van der Waals surface area contributed by atoms with E-state index in [0.717, 1.165) is 25.4 Å². The minimum Gasteiger partial charge on any atom is -0.393 e. The Kier molecular flexibility index (Phi) is 5.62. The predicted molar refractivity (Wildman–Crippen MR) is 84.5 cm³/mol. The number of aliphatic hydroxyl groups excluding tert-OH is 1. The lowest BCUT2D eigenvalue weighted by atomic mass is 9.80. The van der Waals surface area contributed by atoms with Gasteiger partial charge in [-0.2, -0.15) is 0 Å². The molecule has 0 heterocycles. The summed E-state index contributed by atoms with van der Waals surface area (Å²) in [4.78, 5) is 2.50. The third-order valence-corrected chi connectivity index (χ3v) is 4.63. The van der Waals surface area contributed by atoms with Gasteiger partial charge in [0.05, 0.1) is 6.10 Å². The minimum absolute atomic E-state index is 0.108. The van der Waals surface area contributed by atoms with E-state index < -0.39 is 0 Å². The second kappa shape index (κ2) is 7.24. The van der Waals surface area contributed by atoms with E-state index in [2.05, 4.69) is 56.0 Å². The Balaban J connectivity index is 1.98. The van der Waals surface area contributed by atoms with Crippen LogP contribution < -0.4 is 0 Å². The molecule has 1 aromatic carbocycles. The van der Waals surface area contributed by atoms with E-state index in [0.29, 0.717) is 12.0 Å². The fraction of sp³-hybridized carbons (Fsp3) is 0.667. The summed E-state index contributed by atoms with van der Waals surface area (Å²) in [5, 5.41) is 10.3. The Morgan fingerprint density at radius 1 is 1.20 bits per heavy atom. The van der Waals surface area contributed by atoms with Crippen LogP contribution in [0.5, 0.6) is 0 Å². The summed E-state index contributed by atoms with van der Waals surface area (Å²) < 4.78 is 0. The molecule has 1 saturated carbocycles. The molecule has 3 unspecified atom stereocenters. The molecule has 112 valence electrons. The van der Waals surface area contributed by atoms with Gasteiger partial charge in [0.2, 0.25) is 0 Å². The van der Waals surface area contributed by atoms with Crippen LogP contribution in [0.1, 0.15) is 45.6 Å². The van der Waals surface area contributed by atoms with Crippen LogP contribution in [0.4, 0.5) is 0 Å². The van der Waals surface area contributed by atoms with Gasteiger partial charge in [-0.15, -0.1) is 0 Å². The standard InChI is InChI=1S/C18H29NO/c1-14(2)19(12-16-7-5-4-6-8-16)13-17-11-15(3)9-10-18(17)20/h4-8,14-15,17-18,20H,9-13H2,1-3H3. The number of aliphatic hydroxyl groups is 1. The molecule has 0 spiro atoms. The Morgan fingerprint density at radius 3 is 2.55 bits per heavy atom. The SMILES string of the molecule is CC1CCC(O)C(CN(Cc2ccccc2)C(C)C)C1. The molecule has 2 nitrogen and oxygen atoms in total. The molecule has 3 atom stereocenters. The van der Waals surface area contributed by atoms with E-state index in [9.17, 15) is 5.11 Å². The molecule has 2 rings (SSSR count). The van der Waals surface area contributed by atoms with E-state index >= 15 is 0 Å². The first-order valence-electron chi connectivity index (χ1n) is 8.02. The van der Waals surface area contributed by atoms with Crippen molar-refractivity contribution in [1.82, 2.24) is 4.90 Å². The molecule has 1 aliphatic rings. The third kappa shape index (κ3) is 4.32. The smallest absolute Gasteiger partial charge is 0.0580 e. The first-order chi connectivity index (χ1) is 9.56. The number of hydrogen-bond donors (Lipinski definition) is 1. The van der Waals surface area contributed by atoms with Crippen molar-refractivity contribution in [3.63, 3.8) is 0 Å². The molecule has 1 aliphatic carbocycles. The van der Waals surface area contributed by atoms with Crippen molar-refractivity contribution >= 4 is 0 Å². The van der Waals surface area contributed by atoms with Crippen LogP contribution >= 0.6 is 0 Å². The summed E-state index contributed by atoms with van der Waals surface area (Å²) in [5.41, 5.74) is 1.36. The predicted octanol–water partition coefficient (Wildman–Crippen LogP) is 3.69. The Bertz CT molecular complexity index is 390. The Hall–Kier alpha value is -0.860. The summed E-state index contributed by atoms with van der Waals surface area (Å²) in [7, 11) is 0. The van der Waals surface area contributed by atoms with Crippen LogP contribution in [-0.2, 0) is 6.54 Å². The zero-order valence-electron chi connectivity index (χ0n) is 13.1. The van der Waals surface area contributed by atoms with Crippen LogP contribution in [0.2, 0.25) is 0 Å². The van der Waals surface area contributed by atoms with E-state index in [4.69, 9.17) is 0 Å².